The van der Waals surface area contributed by atoms with Crippen LogP contribution in [-0.2, 0) is 13.6 Å². The van der Waals surface area contributed by atoms with Gasteiger partial charge in [0.15, 0.2) is 5.82 Å². The molecule has 7 nitrogen and oxygen atoms in total. The van der Waals surface area contributed by atoms with Crippen molar-refractivity contribution in [2.24, 2.45) is 7.05 Å². The van der Waals surface area contributed by atoms with E-state index in [0.717, 1.165) is 37.0 Å². The minimum absolute atomic E-state index is 0.191. The van der Waals surface area contributed by atoms with Crippen molar-refractivity contribution in [3.05, 3.63) is 59.3 Å². The van der Waals surface area contributed by atoms with E-state index < -0.39 is 0 Å². The van der Waals surface area contributed by atoms with Crippen LogP contribution in [0.1, 0.15) is 72.1 Å². The number of nitrogens with zero attached hydrogens (tertiary/aromatic N) is 6. The normalized spacial score (nSPS) is 23.2. The van der Waals surface area contributed by atoms with E-state index in [1.165, 1.54) is 36.9 Å². The van der Waals surface area contributed by atoms with Gasteiger partial charge in [-0.2, -0.15) is 10.1 Å². The van der Waals surface area contributed by atoms with Crippen LogP contribution in [0.3, 0.4) is 0 Å². The Bertz CT molecular complexity index is 959. The number of hydrogen-bond acceptors (Lipinski definition) is 6. The van der Waals surface area contributed by atoms with E-state index in [1.807, 2.05) is 37.1 Å². The lowest BCUT2D eigenvalue weighted by Crippen LogP contribution is -2.21. The van der Waals surface area contributed by atoms with Gasteiger partial charge in [-0.3, -0.25) is 14.6 Å². The summed E-state index contributed by atoms with van der Waals surface area (Å²) in [5, 5.41) is 8.86. The lowest BCUT2D eigenvalue weighted by molar-refractivity contribution is 0.301. The van der Waals surface area contributed by atoms with Gasteiger partial charge in [0.1, 0.15) is 0 Å². The monoisotopic (exact) mass is 392 g/mol. The SMILES string of the molecule is Cc1cc(CN2C[C@@H](c3cccnc3)[C@H](c3nc(C4CCCC4)no3)C2)n(C)n1. The predicted molar refractivity (Wildman–Crippen MR) is 108 cm³/mol. The maximum absolute atomic E-state index is 5.81. The highest BCUT2D eigenvalue weighted by molar-refractivity contribution is 5.24. The molecule has 4 heterocycles. The molecule has 5 rings (SSSR count). The third-order valence-corrected chi connectivity index (χ3v) is 6.49. The molecule has 0 radical (unpaired) electrons. The second-order valence-corrected chi connectivity index (χ2v) is 8.57. The smallest absolute Gasteiger partial charge is 0.231 e. The molecule has 0 amide bonds. The second-order valence-electron chi connectivity index (χ2n) is 8.57. The van der Waals surface area contributed by atoms with E-state index >= 15 is 0 Å². The van der Waals surface area contributed by atoms with E-state index in [9.17, 15) is 0 Å². The molecule has 1 saturated heterocycles. The molecule has 0 spiro atoms. The first-order valence-corrected chi connectivity index (χ1v) is 10.6. The molecule has 1 saturated carbocycles. The van der Waals surface area contributed by atoms with Gasteiger partial charge in [0.05, 0.1) is 17.3 Å². The molecule has 29 heavy (non-hydrogen) atoms. The standard InChI is InChI=1S/C22H28N6O/c1-15-10-18(27(2)25-15)12-28-13-19(17-8-5-9-23-11-17)20(14-28)22-24-21(26-29-22)16-6-3-4-7-16/h5,8-11,16,19-20H,3-4,6-7,12-14H2,1-2H3/t19-,20+/m0/s1. The minimum atomic E-state index is 0.191. The first-order chi connectivity index (χ1) is 14.2. The quantitative estimate of drug-likeness (QED) is 0.661. The molecule has 2 aliphatic rings. The number of hydrogen-bond donors (Lipinski definition) is 0. The van der Waals surface area contributed by atoms with Gasteiger partial charge >= 0.3 is 0 Å². The molecule has 2 atom stereocenters. The van der Waals surface area contributed by atoms with Crippen molar-refractivity contribution in [3.63, 3.8) is 0 Å². The van der Waals surface area contributed by atoms with Crippen LogP contribution in [0.2, 0.25) is 0 Å². The van der Waals surface area contributed by atoms with Crippen molar-refractivity contribution >= 4 is 0 Å². The van der Waals surface area contributed by atoms with E-state index in [1.54, 1.807) is 0 Å². The van der Waals surface area contributed by atoms with Crippen molar-refractivity contribution in [1.29, 1.82) is 0 Å². The van der Waals surface area contributed by atoms with E-state index in [-0.39, 0.29) is 5.92 Å². The molecule has 0 unspecified atom stereocenters. The second kappa shape index (κ2) is 7.71. The van der Waals surface area contributed by atoms with Crippen molar-refractivity contribution < 1.29 is 4.52 Å². The zero-order chi connectivity index (χ0) is 19.8. The number of aryl methyl sites for hydroxylation is 2. The lowest BCUT2D eigenvalue weighted by Gasteiger charge is -2.16. The third-order valence-electron chi connectivity index (χ3n) is 6.49. The van der Waals surface area contributed by atoms with Gasteiger partial charge < -0.3 is 4.52 Å². The largest absolute Gasteiger partial charge is 0.339 e. The van der Waals surface area contributed by atoms with Gasteiger partial charge in [0.2, 0.25) is 5.89 Å². The molecule has 0 N–H and O–H groups in total. The van der Waals surface area contributed by atoms with Crippen LogP contribution < -0.4 is 0 Å². The molecule has 2 fully saturated rings. The first-order valence-electron chi connectivity index (χ1n) is 10.6. The lowest BCUT2D eigenvalue weighted by atomic mass is 9.90. The van der Waals surface area contributed by atoms with E-state index in [4.69, 9.17) is 9.51 Å². The summed E-state index contributed by atoms with van der Waals surface area (Å²) in [7, 11) is 2.01. The van der Waals surface area contributed by atoms with Crippen molar-refractivity contribution in [2.45, 2.75) is 56.9 Å². The van der Waals surface area contributed by atoms with Crippen LogP contribution in [0.15, 0.2) is 35.1 Å². The van der Waals surface area contributed by atoms with Crippen LogP contribution in [0.4, 0.5) is 0 Å². The third kappa shape index (κ3) is 3.71. The average molecular weight is 393 g/mol. The summed E-state index contributed by atoms with van der Waals surface area (Å²) >= 11 is 0. The maximum atomic E-state index is 5.81. The summed E-state index contributed by atoms with van der Waals surface area (Å²) in [5.41, 5.74) is 3.52. The fraction of sp³-hybridized carbons (Fsp3) is 0.545. The minimum Gasteiger partial charge on any atom is -0.339 e. The average Bonchev–Trinajstić information content (AvgIpc) is 3.49. The highest BCUT2D eigenvalue weighted by Gasteiger charge is 2.39. The van der Waals surface area contributed by atoms with E-state index in [0.29, 0.717) is 11.8 Å². The van der Waals surface area contributed by atoms with Gasteiger partial charge in [0, 0.05) is 50.9 Å². The number of pyridine rings is 1. The van der Waals surface area contributed by atoms with Crippen LogP contribution in [0, 0.1) is 6.92 Å². The van der Waals surface area contributed by atoms with Crippen LogP contribution in [-0.4, -0.2) is 42.9 Å². The summed E-state index contributed by atoms with van der Waals surface area (Å²) in [4.78, 5) is 11.7. The van der Waals surface area contributed by atoms with Gasteiger partial charge in [-0.25, -0.2) is 0 Å². The summed E-state index contributed by atoms with van der Waals surface area (Å²) < 4.78 is 7.79. The van der Waals surface area contributed by atoms with Gasteiger partial charge in [-0.1, -0.05) is 24.1 Å². The van der Waals surface area contributed by atoms with Gasteiger partial charge in [-0.15, -0.1) is 0 Å². The molecule has 3 aromatic heterocycles. The van der Waals surface area contributed by atoms with Crippen molar-refractivity contribution in [2.75, 3.05) is 13.1 Å². The Morgan fingerprint density at radius 1 is 1.17 bits per heavy atom. The fourth-order valence-electron chi connectivity index (χ4n) is 4.99. The Kier molecular flexibility index (Phi) is 4.91. The molecule has 1 aliphatic carbocycles. The molecule has 152 valence electrons. The number of likely N-dealkylation sites (tertiary alicyclic amines) is 1. The highest BCUT2D eigenvalue weighted by atomic mass is 16.5. The Morgan fingerprint density at radius 2 is 2.00 bits per heavy atom. The Morgan fingerprint density at radius 3 is 2.72 bits per heavy atom. The summed E-state index contributed by atoms with van der Waals surface area (Å²) in [6.07, 6.45) is 8.71. The molecular formula is C22H28N6O. The summed E-state index contributed by atoms with van der Waals surface area (Å²) in [6, 6.07) is 6.34. The maximum Gasteiger partial charge on any atom is 0.231 e. The molecule has 1 aliphatic heterocycles. The fourth-order valence-corrected chi connectivity index (χ4v) is 4.99. The topological polar surface area (TPSA) is 72.9 Å². The molecule has 7 heteroatoms. The Labute approximate surface area is 171 Å². The zero-order valence-electron chi connectivity index (χ0n) is 17.2. The first kappa shape index (κ1) is 18.5. The molecule has 3 aromatic rings. The Balaban J connectivity index is 1.41. The van der Waals surface area contributed by atoms with Crippen molar-refractivity contribution in [1.82, 2.24) is 29.8 Å². The van der Waals surface area contributed by atoms with Crippen molar-refractivity contribution in [3.8, 4) is 0 Å². The van der Waals surface area contributed by atoms with Crippen LogP contribution in [0.25, 0.3) is 0 Å². The molecule has 0 bridgehead atoms. The number of rotatable bonds is 5. The Hall–Kier alpha value is -2.54. The highest BCUT2D eigenvalue weighted by Crippen LogP contribution is 2.40. The molecule has 0 aromatic carbocycles. The summed E-state index contributed by atoms with van der Waals surface area (Å²) in [6.45, 7) is 4.75. The zero-order valence-corrected chi connectivity index (χ0v) is 17.2. The van der Waals surface area contributed by atoms with E-state index in [2.05, 4.69) is 32.3 Å². The molecular weight excluding hydrogens is 364 g/mol. The van der Waals surface area contributed by atoms with Gasteiger partial charge in [0.25, 0.3) is 0 Å². The van der Waals surface area contributed by atoms with Crippen LogP contribution >= 0.6 is 0 Å². The predicted octanol–water partition coefficient (Wildman–Crippen LogP) is 3.55. The van der Waals surface area contributed by atoms with Crippen LogP contribution in [0.5, 0.6) is 0 Å². The summed E-state index contributed by atoms with van der Waals surface area (Å²) in [5.74, 6) is 2.65. The van der Waals surface area contributed by atoms with Gasteiger partial charge in [-0.05, 0) is 37.5 Å². The number of aromatic nitrogens is 5.